The normalized spacial score (nSPS) is 16.8. The summed E-state index contributed by atoms with van der Waals surface area (Å²) in [5.74, 6) is -3.11. The van der Waals surface area contributed by atoms with Crippen molar-refractivity contribution in [3.8, 4) is 0 Å². The SMILES string of the molecule is Cc1ccccc1C1=NOC(C(=O)O)(C(=O)O)C1. The summed E-state index contributed by atoms with van der Waals surface area (Å²) in [7, 11) is 0. The zero-order valence-electron chi connectivity index (χ0n) is 9.58. The molecule has 0 radical (unpaired) electrons. The first-order valence-corrected chi connectivity index (χ1v) is 5.25. The Bertz CT molecular complexity index is 535. The summed E-state index contributed by atoms with van der Waals surface area (Å²) in [6.07, 6.45) is -0.289. The maximum Gasteiger partial charge on any atom is 0.363 e. The van der Waals surface area contributed by atoms with Gasteiger partial charge in [-0.25, -0.2) is 9.59 Å². The molecule has 0 unspecified atom stereocenters. The highest BCUT2D eigenvalue weighted by atomic mass is 16.7. The van der Waals surface area contributed by atoms with E-state index in [-0.39, 0.29) is 6.42 Å². The smallest absolute Gasteiger partial charge is 0.363 e. The van der Waals surface area contributed by atoms with E-state index in [0.717, 1.165) is 5.56 Å². The molecule has 1 aromatic carbocycles. The average molecular weight is 249 g/mol. The molecule has 2 rings (SSSR count). The minimum absolute atomic E-state index is 0.289. The summed E-state index contributed by atoms with van der Waals surface area (Å²) >= 11 is 0. The third kappa shape index (κ3) is 1.71. The second-order valence-electron chi connectivity index (χ2n) is 4.06. The van der Waals surface area contributed by atoms with Gasteiger partial charge in [0.25, 0.3) is 0 Å². The van der Waals surface area contributed by atoms with Crippen molar-refractivity contribution in [2.24, 2.45) is 5.16 Å². The topological polar surface area (TPSA) is 96.2 Å². The highest BCUT2D eigenvalue weighted by Crippen LogP contribution is 2.28. The van der Waals surface area contributed by atoms with E-state index in [1.807, 2.05) is 19.1 Å². The van der Waals surface area contributed by atoms with E-state index in [0.29, 0.717) is 11.3 Å². The van der Waals surface area contributed by atoms with E-state index in [1.165, 1.54) is 0 Å². The van der Waals surface area contributed by atoms with Crippen molar-refractivity contribution >= 4 is 17.7 Å². The van der Waals surface area contributed by atoms with Crippen molar-refractivity contribution < 1.29 is 24.6 Å². The van der Waals surface area contributed by atoms with E-state index in [1.54, 1.807) is 12.1 Å². The molecule has 6 nitrogen and oxygen atoms in total. The van der Waals surface area contributed by atoms with Crippen molar-refractivity contribution in [3.63, 3.8) is 0 Å². The molecule has 18 heavy (non-hydrogen) atoms. The van der Waals surface area contributed by atoms with Crippen molar-refractivity contribution in [1.29, 1.82) is 0 Å². The Morgan fingerprint density at radius 1 is 1.28 bits per heavy atom. The Kier molecular flexibility index (Phi) is 2.78. The lowest BCUT2D eigenvalue weighted by Gasteiger charge is -2.15. The zero-order chi connectivity index (χ0) is 13.3. The summed E-state index contributed by atoms with van der Waals surface area (Å²) in [5.41, 5.74) is -0.399. The number of carbonyl (C=O) groups is 2. The lowest BCUT2D eigenvalue weighted by molar-refractivity contribution is -0.179. The van der Waals surface area contributed by atoms with Crippen LogP contribution in [0, 0.1) is 6.92 Å². The second-order valence-corrected chi connectivity index (χ2v) is 4.06. The Hall–Kier alpha value is -2.37. The minimum atomic E-state index is -2.31. The average Bonchev–Trinajstić information content (AvgIpc) is 2.75. The number of carboxylic acid groups (broad SMARTS) is 2. The van der Waals surface area contributed by atoms with Crippen LogP contribution in [0.2, 0.25) is 0 Å². The van der Waals surface area contributed by atoms with E-state index in [4.69, 9.17) is 10.2 Å². The Balaban J connectivity index is 2.35. The third-order valence-corrected chi connectivity index (χ3v) is 2.87. The number of oxime groups is 1. The molecular formula is C12H11NO5. The highest BCUT2D eigenvalue weighted by Gasteiger charge is 2.54. The number of hydrogen-bond acceptors (Lipinski definition) is 4. The van der Waals surface area contributed by atoms with Gasteiger partial charge in [-0.3, -0.25) is 0 Å². The first kappa shape index (κ1) is 12.1. The van der Waals surface area contributed by atoms with Crippen molar-refractivity contribution in [1.82, 2.24) is 0 Å². The number of carboxylic acids is 2. The molecule has 0 fully saturated rings. The van der Waals surface area contributed by atoms with E-state index in [2.05, 4.69) is 9.99 Å². The fourth-order valence-electron chi connectivity index (χ4n) is 1.80. The van der Waals surface area contributed by atoms with Gasteiger partial charge in [-0.15, -0.1) is 0 Å². The number of nitrogens with zero attached hydrogens (tertiary/aromatic N) is 1. The summed E-state index contributed by atoms with van der Waals surface area (Å²) in [4.78, 5) is 26.8. The van der Waals surface area contributed by atoms with E-state index in [9.17, 15) is 9.59 Å². The Morgan fingerprint density at radius 3 is 2.39 bits per heavy atom. The molecule has 0 atom stereocenters. The fourth-order valence-corrected chi connectivity index (χ4v) is 1.80. The summed E-state index contributed by atoms with van der Waals surface area (Å²) in [5, 5.41) is 21.6. The molecule has 2 N–H and O–H groups in total. The quantitative estimate of drug-likeness (QED) is 0.780. The molecule has 0 spiro atoms. The van der Waals surface area contributed by atoms with Crippen LogP contribution in [-0.4, -0.2) is 33.5 Å². The molecule has 1 heterocycles. The second kappa shape index (κ2) is 4.14. The number of aliphatic carboxylic acids is 2. The molecule has 0 saturated carbocycles. The Labute approximate surface area is 102 Å². The van der Waals surface area contributed by atoms with Gasteiger partial charge < -0.3 is 15.1 Å². The van der Waals surface area contributed by atoms with Gasteiger partial charge in [0.05, 0.1) is 12.1 Å². The zero-order valence-corrected chi connectivity index (χ0v) is 9.58. The Morgan fingerprint density at radius 2 is 1.89 bits per heavy atom. The molecule has 0 saturated heterocycles. The van der Waals surface area contributed by atoms with Crippen molar-refractivity contribution in [2.75, 3.05) is 0 Å². The van der Waals surface area contributed by atoms with Crippen LogP contribution in [0.15, 0.2) is 29.4 Å². The number of rotatable bonds is 3. The first-order valence-electron chi connectivity index (χ1n) is 5.25. The van der Waals surface area contributed by atoms with Crippen molar-refractivity contribution in [3.05, 3.63) is 35.4 Å². The predicted molar refractivity (Wildman–Crippen MR) is 61.4 cm³/mol. The van der Waals surface area contributed by atoms with Gasteiger partial charge in [0, 0.05) is 5.56 Å². The molecule has 6 heteroatoms. The van der Waals surface area contributed by atoms with Gasteiger partial charge in [-0.05, 0) is 12.5 Å². The van der Waals surface area contributed by atoms with Gasteiger partial charge in [0.1, 0.15) is 0 Å². The van der Waals surface area contributed by atoms with E-state index >= 15 is 0 Å². The maximum atomic E-state index is 11.0. The van der Waals surface area contributed by atoms with Crippen LogP contribution in [0.25, 0.3) is 0 Å². The molecule has 1 aromatic rings. The van der Waals surface area contributed by atoms with Gasteiger partial charge in [0.2, 0.25) is 0 Å². The minimum Gasteiger partial charge on any atom is -0.478 e. The maximum absolute atomic E-state index is 11.0. The summed E-state index contributed by atoms with van der Waals surface area (Å²) in [6.45, 7) is 1.83. The molecule has 1 aliphatic heterocycles. The van der Waals surface area contributed by atoms with Crippen LogP contribution >= 0.6 is 0 Å². The van der Waals surface area contributed by atoms with Crippen LogP contribution < -0.4 is 0 Å². The molecule has 0 bridgehead atoms. The predicted octanol–water partition coefficient (Wildman–Crippen LogP) is 1.03. The largest absolute Gasteiger partial charge is 0.478 e. The van der Waals surface area contributed by atoms with Crippen molar-refractivity contribution in [2.45, 2.75) is 18.9 Å². The van der Waals surface area contributed by atoms with Gasteiger partial charge in [0.15, 0.2) is 0 Å². The van der Waals surface area contributed by atoms with Crippen LogP contribution in [0.3, 0.4) is 0 Å². The first-order chi connectivity index (χ1) is 8.47. The van der Waals surface area contributed by atoms with Gasteiger partial charge in [-0.2, -0.15) is 0 Å². The molecule has 0 amide bonds. The molecule has 1 aliphatic rings. The number of hydrogen-bond donors (Lipinski definition) is 2. The lowest BCUT2D eigenvalue weighted by atomic mass is 9.92. The molecule has 0 aliphatic carbocycles. The summed E-state index contributed by atoms with van der Waals surface area (Å²) in [6, 6.07) is 7.18. The van der Waals surface area contributed by atoms with Gasteiger partial charge in [-0.1, -0.05) is 29.4 Å². The van der Waals surface area contributed by atoms with Gasteiger partial charge >= 0.3 is 17.5 Å². The van der Waals surface area contributed by atoms with E-state index < -0.39 is 17.5 Å². The molecule has 0 aromatic heterocycles. The standard InChI is InChI=1S/C12H11NO5/c1-7-4-2-3-5-8(7)9-6-12(10(14)15,11(16)17)18-13-9/h2-5H,6H2,1H3,(H,14,15)(H,16,17). The molecule has 94 valence electrons. The molecular weight excluding hydrogens is 238 g/mol. The third-order valence-electron chi connectivity index (χ3n) is 2.87. The fraction of sp³-hybridized carbons (Fsp3) is 0.250. The lowest BCUT2D eigenvalue weighted by Crippen LogP contribution is -2.46. The van der Waals surface area contributed by atoms with Crippen LogP contribution in [0.4, 0.5) is 0 Å². The number of benzene rings is 1. The highest BCUT2D eigenvalue weighted by molar-refractivity contribution is 6.12. The summed E-state index contributed by atoms with van der Waals surface area (Å²) < 4.78 is 0. The van der Waals surface area contributed by atoms with Crippen LogP contribution in [-0.2, 0) is 14.4 Å². The van der Waals surface area contributed by atoms with Crippen LogP contribution in [0.1, 0.15) is 17.5 Å². The monoisotopic (exact) mass is 249 g/mol. The number of aryl methyl sites for hydroxylation is 1. The van der Waals surface area contributed by atoms with Crippen LogP contribution in [0.5, 0.6) is 0 Å².